The summed E-state index contributed by atoms with van der Waals surface area (Å²) >= 11 is 1.88. The van der Waals surface area contributed by atoms with Crippen LogP contribution in [0, 0.1) is 0 Å². The topological polar surface area (TPSA) is 8.17 Å². The van der Waals surface area contributed by atoms with Crippen LogP contribution in [-0.4, -0.2) is 4.57 Å². The number of fused-ring (bicyclic) bond motifs is 7. The van der Waals surface area contributed by atoms with Crippen molar-refractivity contribution in [2.45, 2.75) is 0 Å². The predicted octanol–water partition coefficient (Wildman–Crippen LogP) is 13.4. The quantitative estimate of drug-likeness (QED) is 0.170. The fourth-order valence-corrected chi connectivity index (χ4v) is 8.57. The van der Waals surface area contributed by atoms with Crippen molar-refractivity contribution >= 4 is 81.0 Å². The summed E-state index contributed by atoms with van der Waals surface area (Å²) in [5, 5.41) is 8.98. The van der Waals surface area contributed by atoms with Crippen molar-refractivity contribution in [3.63, 3.8) is 0 Å². The van der Waals surface area contributed by atoms with Crippen LogP contribution in [0.25, 0.3) is 69.4 Å². The molecular formula is C46H30N2S. The third-order valence-corrected chi connectivity index (χ3v) is 10.9. The molecule has 2 aromatic heterocycles. The van der Waals surface area contributed by atoms with Gasteiger partial charge in [0, 0.05) is 54.5 Å². The van der Waals surface area contributed by atoms with Gasteiger partial charge in [0.1, 0.15) is 0 Å². The molecule has 2 heterocycles. The zero-order valence-electron chi connectivity index (χ0n) is 26.6. The van der Waals surface area contributed by atoms with Gasteiger partial charge in [-0.2, -0.15) is 0 Å². The highest BCUT2D eigenvalue weighted by atomic mass is 32.1. The van der Waals surface area contributed by atoms with E-state index in [-0.39, 0.29) is 0 Å². The maximum absolute atomic E-state index is 2.44. The fraction of sp³-hybridized carbons (Fsp3) is 0. The molecule has 10 rings (SSSR count). The van der Waals surface area contributed by atoms with E-state index in [0.29, 0.717) is 0 Å². The summed E-state index contributed by atoms with van der Waals surface area (Å²) in [4.78, 5) is 2.32. The molecule has 0 bridgehead atoms. The van der Waals surface area contributed by atoms with E-state index in [1.165, 1.54) is 69.4 Å². The Bertz CT molecular complexity index is 2760. The van der Waals surface area contributed by atoms with Gasteiger partial charge in [0.25, 0.3) is 0 Å². The maximum atomic E-state index is 2.44. The van der Waals surface area contributed by atoms with Gasteiger partial charge in [-0.25, -0.2) is 0 Å². The molecule has 3 heteroatoms. The highest BCUT2D eigenvalue weighted by Gasteiger charge is 2.17. The van der Waals surface area contributed by atoms with Gasteiger partial charge in [-0.1, -0.05) is 84.9 Å². The van der Waals surface area contributed by atoms with Gasteiger partial charge >= 0.3 is 0 Å². The van der Waals surface area contributed by atoms with E-state index in [2.05, 4.69) is 192 Å². The summed E-state index contributed by atoms with van der Waals surface area (Å²) < 4.78 is 4.95. The average molecular weight is 643 g/mol. The van der Waals surface area contributed by atoms with Crippen molar-refractivity contribution in [2.75, 3.05) is 4.90 Å². The molecule has 0 aliphatic carbocycles. The summed E-state index contributed by atoms with van der Waals surface area (Å²) in [6, 6.07) is 64.0. The van der Waals surface area contributed by atoms with Crippen LogP contribution in [-0.2, 0) is 0 Å². The number of rotatable bonds is 5. The second-order valence-electron chi connectivity index (χ2n) is 12.6. The standard InChI is InChI=1S/C46H30N2S/c1-4-12-34(13-5-1)47-25-24-32-26-40-33(28-44(32)47)27-39(41-29-43-38-18-10-11-19-45(38)49-46(43)30-42(40)41)31-20-22-37(23-21-31)48(35-14-6-2-7-15-35)36-16-8-3-9-17-36/h1-30H. The van der Waals surface area contributed by atoms with E-state index in [9.17, 15) is 0 Å². The van der Waals surface area contributed by atoms with Crippen molar-refractivity contribution in [1.29, 1.82) is 0 Å². The molecule has 0 unspecified atom stereocenters. The molecule has 0 fully saturated rings. The van der Waals surface area contributed by atoms with Gasteiger partial charge in [0.15, 0.2) is 0 Å². The molecule has 0 radical (unpaired) electrons. The number of thiophene rings is 1. The smallest absolute Gasteiger partial charge is 0.0534 e. The first kappa shape index (κ1) is 27.9. The van der Waals surface area contributed by atoms with Crippen molar-refractivity contribution in [3.05, 3.63) is 182 Å². The van der Waals surface area contributed by atoms with Crippen LogP contribution in [0.1, 0.15) is 0 Å². The van der Waals surface area contributed by atoms with Crippen LogP contribution >= 0.6 is 11.3 Å². The van der Waals surface area contributed by atoms with Gasteiger partial charge < -0.3 is 9.47 Å². The second-order valence-corrected chi connectivity index (χ2v) is 13.7. The minimum atomic E-state index is 1.12. The third kappa shape index (κ3) is 4.62. The first-order valence-corrected chi connectivity index (χ1v) is 17.5. The van der Waals surface area contributed by atoms with Gasteiger partial charge in [0.05, 0.1) is 5.52 Å². The first-order valence-electron chi connectivity index (χ1n) is 16.7. The number of aromatic nitrogens is 1. The summed E-state index contributed by atoms with van der Waals surface area (Å²) in [6.07, 6.45) is 2.19. The molecule has 8 aromatic carbocycles. The molecule has 0 amide bonds. The molecule has 0 atom stereocenters. The fourth-order valence-electron chi connectivity index (χ4n) is 7.45. The molecule has 230 valence electrons. The lowest BCUT2D eigenvalue weighted by Gasteiger charge is -2.25. The predicted molar refractivity (Wildman–Crippen MR) is 211 cm³/mol. The molecule has 10 aromatic rings. The molecular weight excluding hydrogens is 613 g/mol. The van der Waals surface area contributed by atoms with Crippen molar-refractivity contribution < 1.29 is 0 Å². The van der Waals surface area contributed by atoms with Gasteiger partial charge in [0.2, 0.25) is 0 Å². The lowest BCUT2D eigenvalue weighted by molar-refractivity contribution is 1.13. The largest absolute Gasteiger partial charge is 0.317 e. The zero-order valence-corrected chi connectivity index (χ0v) is 27.4. The molecule has 0 saturated heterocycles. The molecule has 0 spiro atoms. The van der Waals surface area contributed by atoms with E-state index in [0.717, 1.165) is 17.1 Å². The van der Waals surface area contributed by atoms with Gasteiger partial charge in [-0.15, -0.1) is 11.3 Å². The molecule has 49 heavy (non-hydrogen) atoms. The Labute approximate surface area is 288 Å². The monoisotopic (exact) mass is 642 g/mol. The van der Waals surface area contributed by atoms with Crippen molar-refractivity contribution in [3.8, 4) is 16.8 Å². The number of anilines is 3. The van der Waals surface area contributed by atoms with Gasteiger partial charge in [-0.05, 0) is 124 Å². The van der Waals surface area contributed by atoms with E-state index in [1.807, 2.05) is 11.3 Å². The van der Waals surface area contributed by atoms with E-state index in [1.54, 1.807) is 0 Å². The van der Waals surface area contributed by atoms with Crippen LogP contribution < -0.4 is 4.90 Å². The number of nitrogens with zero attached hydrogens (tertiary/aromatic N) is 2. The lowest BCUT2D eigenvalue weighted by atomic mass is 9.91. The maximum Gasteiger partial charge on any atom is 0.0534 e. The number of hydrogen-bond acceptors (Lipinski definition) is 2. The Hall–Kier alpha value is -6.16. The number of benzene rings is 8. The minimum Gasteiger partial charge on any atom is -0.317 e. The van der Waals surface area contributed by atoms with E-state index < -0.39 is 0 Å². The molecule has 2 nitrogen and oxygen atoms in total. The minimum absolute atomic E-state index is 1.12. The summed E-state index contributed by atoms with van der Waals surface area (Å²) in [5.74, 6) is 0. The van der Waals surface area contributed by atoms with Crippen LogP contribution in [0.5, 0.6) is 0 Å². The highest BCUT2D eigenvalue weighted by molar-refractivity contribution is 7.25. The van der Waals surface area contributed by atoms with Crippen molar-refractivity contribution in [2.24, 2.45) is 0 Å². The molecule has 0 N–H and O–H groups in total. The zero-order chi connectivity index (χ0) is 32.3. The highest BCUT2D eigenvalue weighted by Crippen LogP contribution is 2.44. The van der Waals surface area contributed by atoms with Crippen molar-refractivity contribution in [1.82, 2.24) is 4.57 Å². The Morgan fingerprint density at radius 1 is 0.408 bits per heavy atom. The third-order valence-electron chi connectivity index (χ3n) is 9.76. The number of hydrogen-bond donors (Lipinski definition) is 0. The van der Waals surface area contributed by atoms with Crippen LogP contribution in [0.2, 0.25) is 0 Å². The second kappa shape index (κ2) is 11.2. The number of para-hydroxylation sites is 3. The average Bonchev–Trinajstić information content (AvgIpc) is 3.75. The summed E-state index contributed by atoms with van der Waals surface area (Å²) in [5.41, 5.74) is 8.22. The van der Waals surface area contributed by atoms with Crippen LogP contribution in [0.3, 0.4) is 0 Å². The Balaban J connectivity index is 1.21. The molecule has 0 saturated carbocycles. The first-order chi connectivity index (χ1) is 24.3. The Morgan fingerprint density at radius 3 is 1.80 bits per heavy atom. The lowest BCUT2D eigenvalue weighted by Crippen LogP contribution is -2.09. The van der Waals surface area contributed by atoms with Gasteiger partial charge in [-0.3, -0.25) is 0 Å². The molecule has 0 aliphatic rings. The van der Waals surface area contributed by atoms with Crippen LogP contribution in [0.4, 0.5) is 17.1 Å². The van der Waals surface area contributed by atoms with E-state index >= 15 is 0 Å². The molecule has 0 aliphatic heterocycles. The normalized spacial score (nSPS) is 11.7. The summed E-state index contributed by atoms with van der Waals surface area (Å²) in [7, 11) is 0. The van der Waals surface area contributed by atoms with Crippen LogP contribution in [0.15, 0.2) is 182 Å². The SMILES string of the molecule is c1ccc(N(c2ccccc2)c2ccc(-c3cc4cc5c(ccn5-c5ccccc5)cc4c4cc5sc6ccccc6c5cc34)cc2)cc1. The van der Waals surface area contributed by atoms with E-state index in [4.69, 9.17) is 0 Å². The Morgan fingerprint density at radius 2 is 1.06 bits per heavy atom. The summed E-state index contributed by atoms with van der Waals surface area (Å²) in [6.45, 7) is 0. The Kier molecular flexibility index (Phi) is 6.39.